The Kier molecular flexibility index (Phi) is 4.91. The highest BCUT2D eigenvalue weighted by Gasteiger charge is 2.42. The molecule has 1 aliphatic heterocycles. The van der Waals surface area contributed by atoms with Gasteiger partial charge in [-0.05, 0) is 37.1 Å². The molecule has 1 amide bonds. The van der Waals surface area contributed by atoms with E-state index in [1.165, 1.54) is 17.2 Å². The van der Waals surface area contributed by atoms with Crippen molar-refractivity contribution in [2.24, 2.45) is 0 Å². The van der Waals surface area contributed by atoms with E-state index >= 15 is 0 Å². The van der Waals surface area contributed by atoms with Gasteiger partial charge in [-0.2, -0.15) is 18.3 Å². The Morgan fingerprint density at radius 2 is 1.81 bits per heavy atom. The fourth-order valence-electron chi connectivity index (χ4n) is 3.99. The third-order valence-corrected chi connectivity index (χ3v) is 5.58. The minimum Gasteiger partial charge on any atom is -0.440 e. The van der Waals surface area contributed by atoms with Gasteiger partial charge in [0.25, 0.3) is 5.91 Å². The Labute approximate surface area is 180 Å². The van der Waals surface area contributed by atoms with E-state index in [1.54, 1.807) is 12.1 Å². The van der Waals surface area contributed by atoms with Crippen LogP contribution < -0.4 is 0 Å². The van der Waals surface area contributed by atoms with E-state index in [-0.39, 0.29) is 11.7 Å². The van der Waals surface area contributed by atoms with E-state index in [4.69, 9.17) is 4.42 Å². The van der Waals surface area contributed by atoms with Crippen molar-refractivity contribution in [2.45, 2.75) is 24.9 Å². The van der Waals surface area contributed by atoms with Gasteiger partial charge in [0.1, 0.15) is 5.52 Å². The van der Waals surface area contributed by atoms with Gasteiger partial charge in [-0.1, -0.05) is 18.2 Å². The molecule has 3 aromatic heterocycles. The maximum Gasteiger partial charge on any atom is 0.434 e. The highest BCUT2D eigenvalue weighted by molar-refractivity contribution is 5.95. The molecule has 10 heteroatoms. The molecule has 0 N–H and O–H groups in total. The molecule has 0 atom stereocenters. The molecule has 4 aromatic rings. The van der Waals surface area contributed by atoms with E-state index in [2.05, 4.69) is 15.1 Å². The van der Waals surface area contributed by atoms with Gasteiger partial charge in [-0.3, -0.25) is 4.79 Å². The van der Waals surface area contributed by atoms with E-state index < -0.39 is 23.3 Å². The minimum atomic E-state index is -4.77. The number of hydrogen-bond donors (Lipinski definition) is 0. The largest absolute Gasteiger partial charge is 0.440 e. The molecule has 0 bridgehead atoms. The second-order valence-corrected chi connectivity index (χ2v) is 7.59. The van der Waals surface area contributed by atoms with E-state index in [1.807, 2.05) is 24.3 Å². The van der Waals surface area contributed by atoms with Gasteiger partial charge < -0.3 is 9.32 Å². The van der Waals surface area contributed by atoms with Crippen LogP contribution in [0.2, 0.25) is 0 Å². The fourth-order valence-corrected chi connectivity index (χ4v) is 3.99. The topological polar surface area (TPSA) is 77.1 Å². The zero-order valence-electron chi connectivity index (χ0n) is 16.8. The number of halogens is 3. The zero-order chi connectivity index (χ0) is 22.3. The maximum atomic E-state index is 13.9. The molecule has 164 valence electrons. The van der Waals surface area contributed by atoms with E-state index in [0.29, 0.717) is 42.1 Å². The van der Waals surface area contributed by atoms with Crippen molar-refractivity contribution in [2.75, 3.05) is 13.1 Å². The average Bonchev–Trinajstić information content (AvgIpc) is 3.44. The lowest BCUT2D eigenvalue weighted by molar-refractivity contribution is -0.143. The standard InChI is InChI=1S/C22H18F3N5O2/c23-22(24,25)19-15(13-27-30(19)18-7-3-4-10-26-18)21(31)29-11-8-14(9-12-29)20-28-16-5-1-2-6-17(16)32-20/h1-7,10,13-14H,8-9,11-12H2. The number of oxazole rings is 1. The summed E-state index contributed by atoms with van der Waals surface area (Å²) in [4.78, 5) is 22.9. The number of amides is 1. The SMILES string of the molecule is O=C(c1cnn(-c2ccccn2)c1C(F)(F)F)N1CCC(c2nc3ccccc3o2)CC1. The number of carbonyl (C=O) groups excluding carboxylic acids is 1. The number of fused-ring (bicyclic) bond motifs is 1. The van der Waals surface area contributed by atoms with Crippen LogP contribution in [0, 0.1) is 0 Å². The lowest BCUT2D eigenvalue weighted by Crippen LogP contribution is -2.38. The molecule has 0 spiro atoms. The van der Waals surface area contributed by atoms with Crippen molar-refractivity contribution in [1.29, 1.82) is 0 Å². The summed E-state index contributed by atoms with van der Waals surface area (Å²) in [5.41, 5.74) is -0.152. The first kappa shape index (κ1) is 20.2. The van der Waals surface area contributed by atoms with E-state index in [0.717, 1.165) is 11.7 Å². The lowest BCUT2D eigenvalue weighted by atomic mass is 9.96. The van der Waals surface area contributed by atoms with Crippen molar-refractivity contribution in [1.82, 2.24) is 24.6 Å². The number of pyridine rings is 1. The summed E-state index contributed by atoms with van der Waals surface area (Å²) in [7, 11) is 0. The monoisotopic (exact) mass is 441 g/mol. The van der Waals surface area contributed by atoms with Crippen LogP contribution in [-0.4, -0.2) is 43.6 Å². The number of likely N-dealkylation sites (tertiary alicyclic amines) is 1. The lowest BCUT2D eigenvalue weighted by Gasteiger charge is -2.30. The van der Waals surface area contributed by atoms with Crippen molar-refractivity contribution in [3.8, 4) is 5.82 Å². The van der Waals surface area contributed by atoms with E-state index in [9.17, 15) is 18.0 Å². The Bertz CT molecular complexity index is 1220. The van der Waals surface area contributed by atoms with Gasteiger partial charge in [0.2, 0.25) is 0 Å². The number of aromatic nitrogens is 4. The third kappa shape index (κ3) is 3.61. The van der Waals surface area contributed by atoms with Crippen molar-refractivity contribution >= 4 is 17.0 Å². The molecule has 7 nitrogen and oxygen atoms in total. The number of benzene rings is 1. The quantitative estimate of drug-likeness (QED) is 0.470. The van der Waals surface area contributed by atoms with Crippen LogP contribution in [-0.2, 0) is 6.18 Å². The molecule has 0 unspecified atom stereocenters. The molecule has 1 saturated heterocycles. The van der Waals surface area contributed by atoms with Crippen molar-refractivity contribution in [3.63, 3.8) is 0 Å². The van der Waals surface area contributed by atoms with Crippen LogP contribution in [0.5, 0.6) is 0 Å². The second-order valence-electron chi connectivity index (χ2n) is 7.59. The molecule has 0 aliphatic carbocycles. The summed E-state index contributed by atoms with van der Waals surface area (Å²) >= 11 is 0. The summed E-state index contributed by atoms with van der Waals surface area (Å²) in [5.74, 6) is -0.105. The van der Waals surface area contributed by atoms with Crippen molar-refractivity contribution in [3.05, 3.63) is 72.0 Å². The van der Waals surface area contributed by atoms with Crippen LogP contribution >= 0.6 is 0 Å². The highest BCUT2D eigenvalue weighted by atomic mass is 19.4. The summed E-state index contributed by atoms with van der Waals surface area (Å²) in [6, 6.07) is 12.0. The smallest absolute Gasteiger partial charge is 0.434 e. The Morgan fingerprint density at radius 1 is 1.06 bits per heavy atom. The van der Waals surface area contributed by atoms with Crippen LogP contribution in [0.25, 0.3) is 16.9 Å². The minimum absolute atomic E-state index is 0.00442. The fraction of sp³-hybridized carbons (Fsp3) is 0.273. The number of hydrogen-bond acceptors (Lipinski definition) is 5. The van der Waals surface area contributed by atoms with Crippen LogP contribution in [0.3, 0.4) is 0 Å². The number of piperidine rings is 1. The van der Waals surface area contributed by atoms with Gasteiger partial charge in [-0.15, -0.1) is 0 Å². The predicted octanol–water partition coefficient (Wildman–Crippen LogP) is 4.45. The molecule has 4 heterocycles. The summed E-state index contributed by atoms with van der Waals surface area (Å²) < 4.78 is 48.1. The number of rotatable bonds is 3. The Hall–Kier alpha value is -3.69. The first-order chi connectivity index (χ1) is 15.4. The normalized spacial score (nSPS) is 15.4. The molecule has 1 aromatic carbocycles. The third-order valence-electron chi connectivity index (χ3n) is 5.58. The molecule has 0 radical (unpaired) electrons. The molecule has 1 aliphatic rings. The van der Waals surface area contributed by atoms with Crippen LogP contribution in [0.15, 0.2) is 59.3 Å². The maximum absolute atomic E-state index is 13.9. The predicted molar refractivity (Wildman–Crippen MR) is 108 cm³/mol. The van der Waals surface area contributed by atoms with Gasteiger partial charge in [-0.25, -0.2) is 14.6 Å². The molecular formula is C22H18F3N5O2. The van der Waals surface area contributed by atoms with Gasteiger partial charge in [0, 0.05) is 25.2 Å². The summed E-state index contributed by atoms with van der Waals surface area (Å²) in [6.07, 6.45) is -1.33. The number of nitrogens with zero attached hydrogens (tertiary/aromatic N) is 5. The first-order valence-electron chi connectivity index (χ1n) is 10.1. The molecular weight excluding hydrogens is 423 g/mol. The van der Waals surface area contributed by atoms with Gasteiger partial charge in [0.15, 0.2) is 23.0 Å². The zero-order valence-corrected chi connectivity index (χ0v) is 16.8. The Morgan fingerprint density at radius 3 is 2.50 bits per heavy atom. The number of carbonyl (C=O) groups is 1. The molecule has 5 rings (SSSR count). The Balaban J connectivity index is 1.37. The molecule has 1 fully saturated rings. The number of alkyl halides is 3. The number of para-hydroxylation sites is 2. The van der Waals surface area contributed by atoms with Crippen molar-refractivity contribution < 1.29 is 22.4 Å². The van der Waals surface area contributed by atoms with Crippen LogP contribution in [0.1, 0.15) is 40.7 Å². The average molecular weight is 441 g/mol. The molecule has 32 heavy (non-hydrogen) atoms. The molecule has 0 saturated carbocycles. The van der Waals surface area contributed by atoms with Crippen LogP contribution in [0.4, 0.5) is 13.2 Å². The highest BCUT2D eigenvalue weighted by Crippen LogP contribution is 2.35. The van der Waals surface area contributed by atoms with Gasteiger partial charge in [0.05, 0.1) is 11.8 Å². The second kappa shape index (κ2) is 7.77. The van der Waals surface area contributed by atoms with Gasteiger partial charge >= 0.3 is 6.18 Å². The first-order valence-corrected chi connectivity index (χ1v) is 10.1. The summed E-state index contributed by atoms with van der Waals surface area (Å²) in [6.45, 7) is 0.600. The summed E-state index contributed by atoms with van der Waals surface area (Å²) in [5, 5.41) is 3.82.